The number of rotatable bonds is 3. The van der Waals surface area contributed by atoms with Gasteiger partial charge in [0.15, 0.2) is 5.58 Å². The van der Waals surface area contributed by atoms with E-state index in [-0.39, 0.29) is 0 Å². The molecule has 0 atom stereocenters. The number of fused-ring (bicyclic) bond motifs is 6. The maximum atomic E-state index is 6.71. The lowest BCUT2D eigenvalue weighted by molar-refractivity contribution is 0.666. The second-order valence-electron chi connectivity index (χ2n) is 9.86. The number of halogens is 1. The van der Waals surface area contributed by atoms with Crippen LogP contribution in [0.2, 0.25) is 0 Å². The largest absolute Gasteiger partial charge is 0.454 e. The second-order valence-corrected chi connectivity index (χ2v) is 10.8. The molecule has 0 fully saturated rings. The Morgan fingerprint density at radius 3 is 2.08 bits per heavy atom. The Labute approximate surface area is 233 Å². The molecule has 2 heterocycles. The van der Waals surface area contributed by atoms with Crippen molar-refractivity contribution in [3.05, 3.63) is 138 Å². The highest BCUT2D eigenvalue weighted by Gasteiger charge is 2.21. The van der Waals surface area contributed by atoms with E-state index in [0.717, 1.165) is 43.1 Å². The lowest BCUT2D eigenvalue weighted by Gasteiger charge is -2.14. The Morgan fingerprint density at radius 2 is 1.21 bits per heavy atom. The van der Waals surface area contributed by atoms with Gasteiger partial charge in [-0.3, -0.25) is 0 Å². The molecule has 0 aliphatic heterocycles. The molecule has 8 rings (SSSR count). The molecule has 0 unspecified atom stereocenters. The Balaban J connectivity index is 1.50. The zero-order chi connectivity index (χ0) is 25.9. The lowest BCUT2D eigenvalue weighted by Crippen LogP contribution is -1.95. The van der Waals surface area contributed by atoms with Gasteiger partial charge in [0.1, 0.15) is 5.58 Å². The first kappa shape index (κ1) is 22.4. The number of para-hydroxylation sites is 2. The van der Waals surface area contributed by atoms with Crippen LogP contribution in [0.5, 0.6) is 0 Å². The van der Waals surface area contributed by atoms with Gasteiger partial charge in [0, 0.05) is 26.0 Å². The fourth-order valence-corrected chi connectivity index (χ4v) is 6.37. The van der Waals surface area contributed by atoms with E-state index in [1.54, 1.807) is 0 Å². The van der Waals surface area contributed by atoms with Gasteiger partial charge in [0.05, 0.1) is 16.7 Å². The van der Waals surface area contributed by atoms with E-state index in [2.05, 4.69) is 148 Å². The fraction of sp³-hybridized carbons (Fsp3) is 0. The van der Waals surface area contributed by atoms with Gasteiger partial charge in [0.2, 0.25) is 0 Å². The standard InChI is InChI=1S/C36H22BrNO/c37-24-18-20-32-30(22-24)27-14-6-8-16-31(27)38(32)33-21-19-28(35-29-15-7-9-17-34(29)39-36(33)35)26-13-5-4-12-25(26)23-10-2-1-3-11-23/h1-22H. The fourth-order valence-electron chi connectivity index (χ4n) is 6.01. The second kappa shape index (κ2) is 8.72. The molecule has 0 amide bonds. The Kier molecular flexibility index (Phi) is 5.01. The molecular formula is C36H22BrNO. The molecule has 184 valence electrons. The first-order valence-electron chi connectivity index (χ1n) is 13.1. The molecule has 0 saturated carbocycles. The van der Waals surface area contributed by atoms with Gasteiger partial charge in [0.25, 0.3) is 0 Å². The van der Waals surface area contributed by atoms with Crippen LogP contribution in [0, 0.1) is 0 Å². The summed E-state index contributed by atoms with van der Waals surface area (Å²) in [5.41, 5.74) is 9.90. The van der Waals surface area contributed by atoms with Gasteiger partial charge in [-0.2, -0.15) is 0 Å². The molecule has 3 heteroatoms. The zero-order valence-corrected chi connectivity index (χ0v) is 22.5. The molecule has 0 aliphatic carbocycles. The van der Waals surface area contributed by atoms with Gasteiger partial charge in [-0.05, 0) is 58.7 Å². The molecule has 0 spiro atoms. The van der Waals surface area contributed by atoms with Crippen molar-refractivity contribution < 1.29 is 4.42 Å². The normalized spacial score (nSPS) is 11.7. The van der Waals surface area contributed by atoms with Crippen molar-refractivity contribution >= 4 is 59.7 Å². The van der Waals surface area contributed by atoms with Crippen LogP contribution in [-0.4, -0.2) is 4.57 Å². The van der Waals surface area contributed by atoms with Crippen molar-refractivity contribution in [1.82, 2.24) is 4.57 Å². The van der Waals surface area contributed by atoms with Crippen LogP contribution in [0.3, 0.4) is 0 Å². The average molecular weight is 564 g/mol. The van der Waals surface area contributed by atoms with Gasteiger partial charge in [-0.25, -0.2) is 0 Å². The molecule has 0 saturated heterocycles. The molecule has 8 aromatic rings. The van der Waals surface area contributed by atoms with Gasteiger partial charge in [-0.1, -0.05) is 113 Å². The van der Waals surface area contributed by atoms with Crippen LogP contribution in [0.1, 0.15) is 0 Å². The summed E-state index contributed by atoms with van der Waals surface area (Å²) in [5.74, 6) is 0. The molecule has 0 aliphatic rings. The summed E-state index contributed by atoms with van der Waals surface area (Å²) >= 11 is 3.68. The summed E-state index contributed by atoms with van der Waals surface area (Å²) in [5, 5.41) is 4.68. The average Bonchev–Trinajstić information content (AvgIpc) is 3.54. The smallest absolute Gasteiger partial charge is 0.160 e. The van der Waals surface area contributed by atoms with E-state index in [4.69, 9.17) is 4.42 Å². The molecule has 6 aromatic carbocycles. The lowest BCUT2D eigenvalue weighted by atomic mass is 9.91. The van der Waals surface area contributed by atoms with Crippen LogP contribution < -0.4 is 0 Å². The number of furan rings is 1. The molecule has 0 radical (unpaired) electrons. The van der Waals surface area contributed by atoms with E-state index >= 15 is 0 Å². The topological polar surface area (TPSA) is 18.1 Å². The van der Waals surface area contributed by atoms with Crippen LogP contribution in [-0.2, 0) is 0 Å². The predicted molar refractivity (Wildman–Crippen MR) is 167 cm³/mol. The van der Waals surface area contributed by atoms with E-state index < -0.39 is 0 Å². The van der Waals surface area contributed by atoms with Crippen molar-refractivity contribution in [2.24, 2.45) is 0 Å². The van der Waals surface area contributed by atoms with Crippen molar-refractivity contribution in [3.8, 4) is 27.9 Å². The minimum absolute atomic E-state index is 0.891. The van der Waals surface area contributed by atoms with Crippen molar-refractivity contribution in [3.63, 3.8) is 0 Å². The highest BCUT2D eigenvalue weighted by molar-refractivity contribution is 9.10. The Hall–Kier alpha value is -4.60. The van der Waals surface area contributed by atoms with Crippen molar-refractivity contribution in [2.45, 2.75) is 0 Å². The summed E-state index contributed by atoms with van der Waals surface area (Å²) in [7, 11) is 0. The Bertz CT molecular complexity index is 2190. The predicted octanol–water partition coefficient (Wildman–Crippen LogP) is 10.8. The van der Waals surface area contributed by atoms with Gasteiger partial charge >= 0.3 is 0 Å². The highest BCUT2D eigenvalue weighted by atomic mass is 79.9. The van der Waals surface area contributed by atoms with Crippen LogP contribution in [0.25, 0.3) is 71.7 Å². The molecular weight excluding hydrogens is 542 g/mol. The quantitative estimate of drug-likeness (QED) is 0.209. The van der Waals surface area contributed by atoms with Gasteiger partial charge < -0.3 is 8.98 Å². The summed E-state index contributed by atoms with van der Waals surface area (Å²) in [6, 6.07) is 47.2. The SMILES string of the molecule is Brc1ccc2c(c1)c1ccccc1n2-c1ccc(-c2ccccc2-c2ccccc2)c2c1oc1ccccc12. The van der Waals surface area contributed by atoms with Crippen LogP contribution in [0.4, 0.5) is 0 Å². The maximum Gasteiger partial charge on any atom is 0.160 e. The van der Waals surface area contributed by atoms with Crippen molar-refractivity contribution in [1.29, 1.82) is 0 Å². The summed E-state index contributed by atoms with van der Waals surface area (Å²) in [6.45, 7) is 0. The number of benzene rings is 6. The minimum atomic E-state index is 0.891. The highest BCUT2D eigenvalue weighted by Crippen LogP contribution is 2.44. The van der Waals surface area contributed by atoms with E-state index in [0.29, 0.717) is 0 Å². The number of hydrogen-bond donors (Lipinski definition) is 0. The van der Waals surface area contributed by atoms with Gasteiger partial charge in [-0.15, -0.1) is 0 Å². The molecule has 39 heavy (non-hydrogen) atoms. The molecule has 0 bridgehead atoms. The van der Waals surface area contributed by atoms with Crippen LogP contribution >= 0.6 is 15.9 Å². The number of nitrogens with zero attached hydrogens (tertiary/aromatic N) is 1. The third kappa shape index (κ3) is 3.40. The first-order chi connectivity index (χ1) is 19.3. The van der Waals surface area contributed by atoms with Crippen LogP contribution in [0.15, 0.2) is 142 Å². The van der Waals surface area contributed by atoms with E-state index in [1.807, 2.05) is 6.07 Å². The summed E-state index contributed by atoms with van der Waals surface area (Å²) in [6.07, 6.45) is 0. The minimum Gasteiger partial charge on any atom is -0.454 e. The summed E-state index contributed by atoms with van der Waals surface area (Å²) < 4.78 is 10.1. The molecule has 0 N–H and O–H groups in total. The Morgan fingerprint density at radius 1 is 0.513 bits per heavy atom. The molecule has 2 aromatic heterocycles. The third-order valence-electron chi connectivity index (χ3n) is 7.68. The van der Waals surface area contributed by atoms with E-state index in [9.17, 15) is 0 Å². The molecule has 2 nitrogen and oxygen atoms in total. The third-order valence-corrected chi connectivity index (χ3v) is 8.18. The first-order valence-corrected chi connectivity index (χ1v) is 13.9. The number of aromatic nitrogens is 1. The van der Waals surface area contributed by atoms with E-state index in [1.165, 1.54) is 33.0 Å². The van der Waals surface area contributed by atoms with Crippen molar-refractivity contribution in [2.75, 3.05) is 0 Å². The monoisotopic (exact) mass is 563 g/mol. The maximum absolute atomic E-state index is 6.71. The zero-order valence-electron chi connectivity index (χ0n) is 20.9. The number of hydrogen-bond acceptors (Lipinski definition) is 1. The summed E-state index contributed by atoms with van der Waals surface area (Å²) in [4.78, 5) is 0.